The molecule has 0 unspecified atom stereocenters. The van der Waals surface area contributed by atoms with Gasteiger partial charge in [0.2, 0.25) is 0 Å². The summed E-state index contributed by atoms with van der Waals surface area (Å²) in [5, 5.41) is 0.770. The van der Waals surface area contributed by atoms with Crippen LogP contribution >= 0.6 is 0 Å². The van der Waals surface area contributed by atoms with Crippen molar-refractivity contribution in [1.29, 1.82) is 0 Å². The predicted octanol–water partition coefficient (Wildman–Crippen LogP) is 3.77. The molecule has 2 aromatic carbocycles. The molecule has 0 spiro atoms. The van der Waals surface area contributed by atoms with Crippen LogP contribution in [-0.4, -0.2) is 5.97 Å². The summed E-state index contributed by atoms with van der Waals surface area (Å²) >= 11 is 0. The topological polar surface area (TPSA) is 56.5 Å². The first-order valence-electron chi connectivity index (χ1n) is 7.30. The summed E-state index contributed by atoms with van der Waals surface area (Å²) in [7, 11) is 0. The Morgan fingerprint density at radius 2 is 1.70 bits per heavy atom. The highest BCUT2D eigenvalue weighted by atomic mass is 16.5. The lowest BCUT2D eigenvalue weighted by atomic mass is 10.1. The zero-order valence-corrected chi connectivity index (χ0v) is 13.0. The van der Waals surface area contributed by atoms with Crippen molar-refractivity contribution in [1.82, 2.24) is 0 Å². The van der Waals surface area contributed by atoms with Crippen LogP contribution in [0.15, 0.2) is 57.7 Å². The first kappa shape index (κ1) is 15.0. The minimum absolute atomic E-state index is 0.0257. The monoisotopic (exact) mass is 308 g/mol. The highest BCUT2D eigenvalue weighted by Gasteiger charge is 2.10. The van der Waals surface area contributed by atoms with Crippen LogP contribution in [0.5, 0.6) is 0 Å². The maximum Gasteiger partial charge on any atom is 0.338 e. The zero-order valence-electron chi connectivity index (χ0n) is 13.0. The molecule has 0 saturated heterocycles. The van der Waals surface area contributed by atoms with Crippen molar-refractivity contribution in [2.24, 2.45) is 0 Å². The van der Waals surface area contributed by atoms with Gasteiger partial charge in [-0.2, -0.15) is 0 Å². The summed E-state index contributed by atoms with van der Waals surface area (Å²) in [5.74, 6) is -0.418. The van der Waals surface area contributed by atoms with Gasteiger partial charge in [-0.3, -0.25) is 0 Å². The Hall–Kier alpha value is -2.88. The molecule has 0 saturated carbocycles. The van der Waals surface area contributed by atoms with Gasteiger partial charge in [0.1, 0.15) is 12.2 Å². The van der Waals surface area contributed by atoms with Gasteiger partial charge >= 0.3 is 11.6 Å². The SMILES string of the molecule is Cc1ccc(C(=O)OCc2cc(=O)oc3cc(C)ccc23)cc1. The largest absolute Gasteiger partial charge is 0.457 e. The normalized spacial score (nSPS) is 10.7. The fourth-order valence-corrected chi connectivity index (χ4v) is 2.37. The molecule has 4 nitrogen and oxygen atoms in total. The van der Waals surface area contributed by atoms with E-state index in [1.807, 2.05) is 38.1 Å². The quantitative estimate of drug-likeness (QED) is 0.546. The van der Waals surface area contributed by atoms with Crippen LogP contribution < -0.4 is 5.63 Å². The Balaban J connectivity index is 1.85. The fourth-order valence-electron chi connectivity index (χ4n) is 2.37. The zero-order chi connectivity index (χ0) is 16.4. The van der Waals surface area contributed by atoms with E-state index in [-0.39, 0.29) is 6.61 Å². The Kier molecular flexibility index (Phi) is 3.98. The van der Waals surface area contributed by atoms with Gasteiger partial charge in [-0.25, -0.2) is 9.59 Å². The molecule has 4 heteroatoms. The number of aryl methyl sites for hydroxylation is 2. The van der Waals surface area contributed by atoms with Gasteiger partial charge < -0.3 is 9.15 Å². The lowest BCUT2D eigenvalue weighted by molar-refractivity contribution is 0.0474. The van der Waals surface area contributed by atoms with E-state index in [1.54, 1.807) is 18.2 Å². The number of hydrogen-bond donors (Lipinski definition) is 0. The Morgan fingerprint density at radius 1 is 1.00 bits per heavy atom. The van der Waals surface area contributed by atoms with Crippen LogP contribution in [0.1, 0.15) is 27.0 Å². The van der Waals surface area contributed by atoms with Crippen molar-refractivity contribution in [3.63, 3.8) is 0 Å². The maximum absolute atomic E-state index is 12.1. The van der Waals surface area contributed by atoms with Gasteiger partial charge in [-0.1, -0.05) is 29.8 Å². The predicted molar refractivity (Wildman–Crippen MR) is 87.5 cm³/mol. The number of ether oxygens (including phenoxy) is 1. The average molecular weight is 308 g/mol. The maximum atomic E-state index is 12.1. The molecule has 116 valence electrons. The van der Waals surface area contributed by atoms with Crippen molar-refractivity contribution >= 4 is 16.9 Å². The van der Waals surface area contributed by atoms with Gasteiger partial charge in [-0.05, 0) is 37.6 Å². The number of hydrogen-bond acceptors (Lipinski definition) is 4. The van der Waals surface area contributed by atoms with Crippen LogP contribution in [0.25, 0.3) is 11.0 Å². The van der Waals surface area contributed by atoms with Crippen LogP contribution in [0.2, 0.25) is 0 Å². The second-order valence-electron chi connectivity index (χ2n) is 5.53. The molecule has 0 amide bonds. The highest BCUT2D eigenvalue weighted by molar-refractivity contribution is 5.89. The summed E-state index contributed by atoms with van der Waals surface area (Å²) < 4.78 is 10.5. The van der Waals surface area contributed by atoms with Crippen molar-refractivity contribution < 1.29 is 13.9 Å². The Labute approximate surface area is 133 Å². The Bertz CT molecular complexity index is 920. The summed E-state index contributed by atoms with van der Waals surface area (Å²) in [6, 6.07) is 14.1. The molecule has 1 heterocycles. The van der Waals surface area contributed by atoms with Gasteiger partial charge in [0.15, 0.2) is 0 Å². The molecule has 0 aliphatic heterocycles. The minimum Gasteiger partial charge on any atom is -0.457 e. The molecule has 3 rings (SSSR count). The van der Waals surface area contributed by atoms with Crippen LogP contribution in [0, 0.1) is 13.8 Å². The molecule has 0 radical (unpaired) electrons. The molecular weight excluding hydrogens is 292 g/mol. The third-order valence-corrected chi connectivity index (χ3v) is 3.63. The molecule has 23 heavy (non-hydrogen) atoms. The lowest BCUT2D eigenvalue weighted by Gasteiger charge is -2.08. The van der Waals surface area contributed by atoms with Crippen molar-refractivity contribution in [3.8, 4) is 0 Å². The van der Waals surface area contributed by atoms with Crippen LogP contribution in [0.4, 0.5) is 0 Å². The van der Waals surface area contributed by atoms with E-state index in [9.17, 15) is 9.59 Å². The molecule has 0 aliphatic carbocycles. The van der Waals surface area contributed by atoms with Crippen molar-refractivity contribution in [2.45, 2.75) is 20.5 Å². The van der Waals surface area contributed by atoms with E-state index in [0.717, 1.165) is 16.5 Å². The van der Waals surface area contributed by atoms with Crippen molar-refractivity contribution in [3.05, 3.63) is 81.2 Å². The molecule has 0 aliphatic rings. The molecule has 0 fully saturated rings. The molecule has 0 N–H and O–H groups in total. The molecular formula is C19H16O4. The third kappa shape index (κ3) is 3.31. The van der Waals surface area contributed by atoms with Gasteiger partial charge in [0, 0.05) is 17.0 Å². The number of carbonyl (C=O) groups excluding carboxylic acids is 1. The summed E-state index contributed by atoms with van der Waals surface area (Å²) in [4.78, 5) is 23.7. The van der Waals surface area contributed by atoms with E-state index in [4.69, 9.17) is 9.15 Å². The second-order valence-corrected chi connectivity index (χ2v) is 5.53. The molecule has 1 aromatic heterocycles. The van der Waals surface area contributed by atoms with E-state index in [1.165, 1.54) is 6.07 Å². The van der Waals surface area contributed by atoms with Gasteiger partial charge in [0.25, 0.3) is 0 Å². The van der Waals surface area contributed by atoms with E-state index in [0.29, 0.717) is 16.7 Å². The van der Waals surface area contributed by atoms with Gasteiger partial charge in [-0.15, -0.1) is 0 Å². The second kappa shape index (κ2) is 6.08. The summed E-state index contributed by atoms with van der Waals surface area (Å²) in [6.07, 6.45) is 0. The number of fused-ring (bicyclic) bond motifs is 1. The smallest absolute Gasteiger partial charge is 0.338 e. The fraction of sp³-hybridized carbons (Fsp3) is 0.158. The van der Waals surface area contributed by atoms with Crippen LogP contribution in [-0.2, 0) is 11.3 Å². The highest BCUT2D eigenvalue weighted by Crippen LogP contribution is 2.19. The number of esters is 1. The first-order chi connectivity index (χ1) is 11.0. The number of benzene rings is 2. The summed E-state index contributed by atoms with van der Waals surface area (Å²) in [5.41, 5.74) is 3.23. The molecule has 0 bridgehead atoms. The summed E-state index contributed by atoms with van der Waals surface area (Å²) in [6.45, 7) is 3.90. The lowest BCUT2D eigenvalue weighted by Crippen LogP contribution is -2.08. The van der Waals surface area contributed by atoms with Gasteiger partial charge in [0.05, 0.1) is 5.56 Å². The standard InChI is InChI=1S/C19H16O4/c1-12-3-6-14(7-4-12)19(21)22-11-15-10-18(20)23-17-9-13(2)5-8-16(15)17/h3-10H,11H2,1-2H3. The number of rotatable bonds is 3. The Morgan fingerprint density at radius 3 is 2.43 bits per heavy atom. The number of carbonyl (C=O) groups is 1. The molecule has 0 atom stereocenters. The van der Waals surface area contributed by atoms with E-state index >= 15 is 0 Å². The third-order valence-electron chi connectivity index (χ3n) is 3.63. The van der Waals surface area contributed by atoms with Crippen LogP contribution in [0.3, 0.4) is 0 Å². The molecule has 3 aromatic rings. The van der Waals surface area contributed by atoms with Crippen molar-refractivity contribution in [2.75, 3.05) is 0 Å². The van der Waals surface area contributed by atoms with E-state index in [2.05, 4.69) is 0 Å². The minimum atomic E-state index is -0.454. The first-order valence-corrected chi connectivity index (χ1v) is 7.30. The average Bonchev–Trinajstić information content (AvgIpc) is 2.52. The van der Waals surface area contributed by atoms with E-state index < -0.39 is 11.6 Å².